The van der Waals surface area contributed by atoms with Gasteiger partial charge >= 0.3 is 0 Å². The number of pyridine rings is 1. The largest absolute Gasteiger partial charge is 0.492 e. The Bertz CT molecular complexity index is 1330. The number of Topliss-reactive ketones (excluding diaryl/α,β-unsaturated/α-hetero) is 1. The molecule has 0 N–H and O–H groups in total. The van der Waals surface area contributed by atoms with Gasteiger partial charge in [-0.05, 0) is 46.7 Å². The van der Waals surface area contributed by atoms with Gasteiger partial charge in [-0.3, -0.25) is 9.78 Å². The molecule has 0 fully saturated rings. The highest BCUT2D eigenvalue weighted by Crippen LogP contribution is 2.36. The zero-order chi connectivity index (χ0) is 21.2. The van der Waals surface area contributed by atoms with Crippen LogP contribution in [0.2, 0.25) is 0 Å². The maximum atomic E-state index is 12.1. The fourth-order valence-corrected chi connectivity index (χ4v) is 3.95. The zero-order valence-electron chi connectivity index (χ0n) is 16.6. The molecule has 0 saturated carbocycles. The quantitative estimate of drug-likeness (QED) is 0.463. The predicted molar refractivity (Wildman–Crippen MR) is 116 cm³/mol. The number of hydrogen-bond acceptors (Lipinski definition) is 5. The van der Waals surface area contributed by atoms with E-state index in [1.807, 2.05) is 48.5 Å². The monoisotopic (exact) mass is 406 g/mol. The third kappa shape index (κ3) is 3.49. The van der Waals surface area contributed by atoms with E-state index in [-0.39, 0.29) is 5.78 Å². The van der Waals surface area contributed by atoms with Gasteiger partial charge in [0.15, 0.2) is 5.78 Å². The number of carbonyl (C=O) groups excluding carboxylic acids is 1. The van der Waals surface area contributed by atoms with Crippen LogP contribution in [0.3, 0.4) is 0 Å². The second-order valence-corrected chi connectivity index (χ2v) is 7.32. The number of nitriles is 1. The van der Waals surface area contributed by atoms with E-state index in [1.54, 1.807) is 30.6 Å². The molecule has 0 spiro atoms. The van der Waals surface area contributed by atoms with E-state index in [1.165, 1.54) is 0 Å². The average Bonchev–Trinajstić information content (AvgIpc) is 2.83. The molecule has 0 bridgehead atoms. The summed E-state index contributed by atoms with van der Waals surface area (Å²) in [5.74, 6) is 1.23. The van der Waals surface area contributed by atoms with Crippen molar-refractivity contribution in [3.05, 3.63) is 101 Å². The van der Waals surface area contributed by atoms with Crippen molar-refractivity contribution in [2.24, 2.45) is 0 Å². The molecule has 0 radical (unpaired) electrons. The Labute approximate surface area is 179 Å². The summed E-state index contributed by atoms with van der Waals surface area (Å²) in [6, 6.07) is 23.0. The summed E-state index contributed by atoms with van der Waals surface area (Å²) in [5, 5.41) is 11.4. The highest BCUT2D eigenvalue weighted by molar-refractivity contribution is 5.99. The molecule has 0 saturated heterocycles. The second-order valence-electron chi connectivity index (χ2n) is 7.32. The van der Waals surface area contributed by atoms with Gasteiger partial charge in [-0.1, -0.05) is 30.3 Å². The molecule has 2 heterocycles. The van der Waals surface area contributed by atoms with E-state index in [9.17, 15) is 10.1 Å². The number of ether oxygens (including phenoxy) is 2. The van der Waals surface area contributed by atoms with Gasteiger partial charge in [0, 0.05) is 30.4 Å². The van der Waals surface area contributed by atoms with Crippen LogP contribution in [0.4, 0.5) is 0 Å². The Morgan fingerprint density at radius 3 is 2.61 bits per heavy atom. The van der Waals surface area contributed by atoms with Crippen LogP contribution >= 0.6 is 0 Å². The van der Waals surface area contributed by atoms with E-state index in [0.717, 1.165) is 21.9 Å². The summed E-state index contributed by atoms with van der Waals surface area (Å²) in [6.45, 7) is 0.378. The Hall–Kier alpha value is -4.17. The Morgan fingerprint density at radius 1 is 1.00 bits per heavy atom. The first-order chi connectivity index (χ1) is 15.2. The van der Waals surface area contributed by atoms with Crippen molar-refractivity contribution < 1.29 is 14.3 Å². The van der Waals surface area contributed by atoms with Crippen molar-refractivity contribution in [1.29, 1.82) is 5.26 Å². The molecule has 31 heavy (non-hydrogen) atoms. The lowest BCUT2D eigenvalue weighted by Gasteiger charge is -2.23. The first-order valence-electron chi connectivity index (χ1n) is 10.0. The summed E-state index contributed by atoms with van der Waals surface area (Å²) in [5.41, 5.74) is 3.08. The first kappa shape index (κ1) is 18.8. The lowest BCUT2D eigenvalue weighted by atomic mass is 9.93. The lowest BCUT2D eigenvalue weighted by molar-refractivity contribution is 0.0933. The zero-order valence-corrected chi connectivity index (χ0v) is 16.6. The summed E-state index contributed by atoms with van der Waals surface area (Å²) < 4.78 is 12.1. The topological polar surface area (TPSA) is 72.2 Å². The Morgan fingerprint density at radius 2 is 1.81 bits per heavy atom. The van der Waals surface area contributed by atoms with Gasteiger partial charge in [0.2, 0.25) is 0 Å². The molecule has 1 aromatic heterocycles. The smallest absolute Gasteiger partial charge is 0.169 e. The standard InChI is InChI=1S/C26H18N2O3/c27-16-18-5-7-22(21-4-2-1-3-20(18)21)26(17-9-12-28-13-10-17)31-19-6-8-23-24(29)11-14-30-25(23)15-19/h1-10,12-13,15,26H,11,14H2/t26-/m1/s1. The molecule has 5 heteroatoms. The molecular weight excluding hydrogens is 388 g/mol. The SMILES string of the molecule is N#Cc1ccc([C@H](Oc2ccc3c(c2)OCCC3=O)c2ccncc2)c2ccccc12. The van der Waals surface area contributed by atoms with Crippen LogP contribution in [0.5, 0.6) is 11.5 Å². The minimum absolute atomic E-state index is 0.0802. The van der Waals surface area contributed by atoms with Crippen LogP contribution in [0.15, 0.2) is 79.1 Å². The number of ketones is 1. The van der Waals surface area contributed by atoms with Crippen LogP contribution in [0.1, 0.15) is 39.6 Å². The van der Waals surface area contributed by atoms with Crippen molar-refractivity contribution >= 4 is 16.6 Å². The van der Waals surface area contributed by atoms with Gasteiger partial charge in [-0.15, -0.1) is 0 Å². The van der Waals surface area contributed by atoms with Gasteiger partial charge in [-0.25, -0.2) is 0 Å². The van der Waals surface area contributed by atoms with Crippen molar-refractivity contribution in [2.75, 3.05) is 6.61 Å². The number of fused-ring (bicyclic) bond motifs is 2. The molecule has 5 nitrogen and oxygen atoms in total. The van der Waals surface area contributed by atoms with Crippen molar-refractivity contribution in [2.45, 2.75) is 12.5 Å². The average molecular weight is 406 g/mol. The molecule has 150 valence electrons. The minimum Gasteiger partial charge on any atom is -0.492 e. The minimum atomic E-state index is -0.432. The fraction of sp³-hybridized carbons (Fsp3) is 0.115. The summed E-state index contributed by atoms with van der Waals surface area (Å²) in [7, 11) is 0. The molecule has 1 atom stereocenters. The number of hydrogen-bond donors (Lipinski definition) is 0. The first-order valence-corrected chi connectivity index (χ1v) is 10.0. The highest BCUT2D eigenvalue weighted by Gasteiger charge is 2.23. The number of carbonyl (C=O) groups is 1. The van der Waals surface area contributed by atoms with E-state index >= 15 is 0 Å². The third-order valence-electron chi connectivity index (χ3n) is 5.46. The molecule has 5 rings (SSSR count). The number of aromatic nitrogens is 1. The second kappa shape index (κ2) is 7.92. The fourth-order valence-electron chi connectivity index (χ4n) is 3.95. The van der Waals surface area contributed by atoms with Gasteiger partial charge in [0.05, 0.1) is 23.8 Å². The van der Waals surface area contributed by atoms with Crippen molar-refractivity contribution in [3.8, 4) is 17.6 Å². The third-order valence-corrected chi connectivity index (χ3v) is 5.46. The predicted octanol–water partition coefficient (Wildman–Crippen LogP) is 5.24. The molecule has 0 unspecified atom stereocenters. The Kier molecular flexibility index (Phi) is 4.81. The van der Waals surface area contributed by atoms with Crippen molar-refractivity contribution in [1.82, 2.24) is 4.98 Å². The molecule has 1 aliphatic heterocycles. The van der Waals surface area contributed by atoms with Crippen LogP contribution in [0, 0.1) is 11.3 Å². The van der Waals surface area contributed by atoms with E-state index < -0.39 is 6.10 Å². The van der Waals surface area contributed by atoms with E-state index in [0.29, 0.717) is 35.7 Å². The molecule has 0 aliphatic carbocycles. The normalized spacial score (nSPS) is 13.7. The Balaban J connectivity index is 1.63. The number of rotatable bonds is 4. The molecule has 0 amide bonds. The van der Waals surface area contributed by atoms with Crippen LogP contribution in [-0.4, -0.2) is 17.4 Å². The number of nitrogens with zero attached hydrogens (tertiary/aromatic N) is 2. The van der Waals surface area contributed by atoms with E-state index in [2.05, 4.69) is 11.1 Å². The lowest BCUT2D eigenvalue weighted by Crippen LogP contribution is -2.16. The van der Waals surface area contributed by atoms with Crippen LogP contribution < -0.4 is 9.47 Å². The molecule has 1 aliphatic rings. The van der Waals surface area contributed by atoms with Gasteiger partial charge in [-0.2, -0.15) is 5.26 Å². The summed E-state index contributed by atoms with van der Waals surface area (Å²) >= 11 is 0. The molecule has 3 aromatic carbocycles. The molecular formula is C26H18N2O3. The molecule has 4 aromatic rings. The van der Waals surface area contributed by atoms with Gasteiger partial charge in [0.25, 0.3) is 0 Å². The highest BCUT2D eigenvalue weighted by atomic mass is 16.5. The maximum Gasteiger partial charge on any atom is 0.169 e. The van der Waals surface area contributed by atoms with Crippen molar-refractivity contribution in [3.63, 3.8) is 0 Å². The summed E-state index contributed by atoms with van der Waals surface area (Å²) in [6.07, 6.45) is 3.42. The maximum absolute atomic E-state index is 12.1. The van der Waals surface area contributed by atoms with Gasteiger partial charge in [0.1, 0.15) is 17.6 Å². The number of benzene rings is 3. The van der Waals surface area contributed by atoms with Crippen LogP contribution in [-0.2, 0) is 0 Å². The van der Waals surface area contributed by atoms with Gasteiger partial charge < -0.3 is 9.47 Å². The summed E-state index contributed by atoms with van der Waals surface area (Å²) in [4.78, 5) is 16.2. The van der Waals surface area contributed by atoms with Crippen LogP contribution in [0.25, 0.3) is 10.8 Å². The van der Waals surface area contributed by atoms with E-state index in [4.69, 9.17) is 9.47 Å².